The van der Waals surface area contributed by atoms with Crippen LogP contribution in [-0.2, 0) is 11.3 Å². The minimum Gasteiger partial charge on any atom is -0.379 e. The molecular formula is C24H20F2N6O. The Morgan fingerprint density at radius 2 is 1.79 bits per heavy atom. The van der Waals surface area contributed by atoms with Crippen LogP contribution in [0.25, 0.3) is 16.7 Å². The van der Waals surface area contributed by atoms with Gasteiger partial charge in [-0.2, -0.15) is 10.2 Å². The fourth-order valence-electron chi connectivity index (χ4n) is 3.81. The van der Waals surface area contributed by atoms with Crippen molar-refractivity contribution < 1.29 is 13.5 Å². The number of anilines is 2. The molecule has 1 N–H and O–H groups in total. The zero-order chi connectivity index (χ0) is 22.8. The molecule has 5 rings (SSSR count). The van der Waals surface area contributed by atoms with E-state index in [0.29, 0.717) is 49.1 Å². The molecule has 1 aliphatic heterocycles. The van der Waals surface area contributed by atoms with Crippen molar-refractivity contribution in [2.24, 2.45) is 0 Å². The Balaban J connectivity index is 1.44. The lowest BCUT2D eigenvalue weighted by Crippen LogP contribution is -2.36. The van der Waals surface area contributed by atoms with Gasteiger partial charge in [0.25, 0.3) is 0 Å². The Labute approximate surface area is 188 Å². The number of fused-ring (bicyclic) bond motifs is 1. The highest BCUT2D eigenvalue weighted by molar-refractivity contribution is 5.78. The molecule has 0 spiro atoms. The zero-order valence-corrected chi connectivity index (χ0v) is 17.6. The van der Waals surface area contributed by atoms with Gasteiger partial charge in [-0.3, -0.25) is 4.90 Å². The van der Waals surface area contributed by atoms with Gasteiger partial charge in [0.2, 0.25) is 5.95 Å². The van der Waals surface area contributed by atoms with Crippen molar-refractivity contribution >= 4 is 22.7 Å². The van der Waals surface area contributed by atoms with Gasteiger partial charge in [0, 0.05) is 48.7 Å². The molecule has 1 aliphatic rings. The number of benzene rings is 2. The van der Waals surface area contributed by atoms with Crippen molar-refractivity contribution in [1.29, 1.82) is 5.26 Å². The summed E-state index contributed by atoms with van der Waals surface area (Å²) in [6.45, 7) is 2.63. The van der Waals surface area contributed by atoms with E-state index in [1.54, 1.807) is 47.3 Å². The lowest BCUT2D eigenvalue weighted by Gasteiger charge is -2.27. The molecule has 0 atom stereocenters. The van der Waals surface area contributed by atoms with E-state index in [1.165, 1.54) is 12.1 Å². The predicted octanol–water partition coefficient (Wildman–Crippen LogP) is 4.15. The van der Waals surface area contributed by atoms with Crippen LogP contribution >= 0.6 is 0 Å². The van der Waals surface area contributed by atoms with E-state index in [1.807, 2.05) is 4.90 Å². The van der Waals surface area contributed by atoms with Gasteiger partial charge in [-0.1, -0.05) is 0 Å². The van der Waals surface area contributed by atoms with Gasteiger partial charge in [-0.15, -0.1) is 0 Å². The summed E-state index contributed by atoms with van der Waals surface area (Å²) in [6.07, 6.45) is 3.35. The number of rotatable bonds is 5. The molecule has 1 fully saturated rings. The number of aromatic nitrogens is 3. The minimum atomic E-state index is -0.594. The molecule has 9 heteroatoms. The molecule has 3 heterocycles. The summed E-state index contributed by atoms with van der Waals surface area (Å²) < 4.78 is 36.7. The maximum absolute atomic E-state index is 14.9. The average molecular weight is 446 g/mol. The molecule has 0 unspecified atom stereocenters. The van der Waals surface area contributed by atoms with Crippen molar-refractivity contribution in [3.05, 3.63) is 77.6 Å². The largest absolute Gasteiger partial charge is 0.379 e. The third kappa shape index (κ3) is 4.39. The molecule has 0 amide bonds. The summed E-state index contributed by atoms with van der Waals surface area (Å²) in [7, 11) is 0. The summed E-state index contributed by atoms with van der Waals surface area (Å²) in [4.78, 5) is 10.8. The minimum absolute atomic E-state index is 0.0508. The highest BCUT2D eigenvalue weighted by Crippen LogP contribution is 2.25. The van der Waals surface area contributed by atoms with E-state index in [2.05, 4.69) is 21.4 Å². The number of ether oxygens (including phenoxy) is 1. The summed E-state index contributed by atoms with van der Waals surface area (Å²) in [6, 6.07) is 13.4. The van der Waals surface area contributed by atoms with Crippen molar-refractivity contribution in [1.82, 2.24) is 19.4 Å². The van der Waals surface area contributed by atoms with E-state index < -0.39 is 11.6 Å². The third-order valence-corrected chi connectivity index (χ3v) is 5.59. The first-order valence-electron chi connectivity index (χ1n) is 10.5. The number of hydrogen-bond donors (Lipinski definition) is 1. The van der Waals surface area contributed by atoms with Crippen LogP contribution in [0.3, 0.4) is 0 Å². The second-order valence-corrected chi connectivity index (χ2v) is 7.75. The van der Waals surface area contributed by atoms with Crippen molar-refractivity contribution in [2.75, 3.05) is 31.6 Å². The molecule has 4 aromatic rings. The van der Waals surface area contributed by atoms with Gasteiger partial charge >= 0.3 is 0 Å². The number of morpholine rings is 1. The normalized spacial score (nSPS) is 14.3. The molecule has 33 heavy (non-hydrogen) atoms. The molecule has 0 radical (unpaired) electrons. The lowest BCUT2D eigenvalue weighted by atomic mass is 10.1. The van der Waals surface area contributed by atoms with Crippen LogP contribution in [0.15, 0.2) is 54.9 Å². The SMILES string of the molecule is N#Cc1ccc(Nc2ncc3ccn(-c4cc(F)c(CN5CCOCC5)c(F)c4)c3n2)cc1. The van der Waals surface area contributed by atoms with E-state index in [0.717, 1.165) is 11.1 Å². The summed E-state index contributed by atoms with van der Waals surface area (Å²) in [5.41, 5.74) is 2.17. The topological polar surface area (TPSA) is 79.0 Å². The lowest BCUT2D eigenvalue weighted by molar-refractivity contribution is 0.0332. The van der Waals surface area contributed by atoms with Crippen molar-refractivity contribution in [3.8, 4) is 11.8 Å². The van der Waals surface area contributed by atoms with Gasteiger partial charge < -0.3 is 14.6 Å². The second-order valence-electron chi connectivity index (χ2n) is 7.75. The van der Waals surface area contributed by atoms with Gasteiger partial charge in [0.15, 0.2) is 0 Å². The monoisotopic (exact) mass is 446 g/mol. The van der Waals surface area contributed by atoms with Crippen LogP contribution in [0.4, 0.5) is 20.4 Å². The van der Waals surface area contributed by atoms with Crippen LogP contribution < -0.4 is 5.32 Å². The Kier molecular flexibility index (Phi) is 5.69. The maximum Gasteiger partial charge on any atom is 0.229 e. The first-order chi connectivity index (χ1) is 16.1. The van der Waals surface area contributed by atoms with Crippen LogP contribution in [0.2, 0.25) is 0 Å². The van der Waals surface area contributed by atoms with Crippen LogP contribution in [-0.4, -0.2) is 45.7 Å². The van der Waals surface area contributed by atoms with E-state index in [-0.39, 0.29) is 12.1 Å². The quantitative estimate of drug-likeness (QED) is 0.496. The summed E-state index contributed by atoms with van der Waals surface area (Å²) >= 11 is 0. The second kappa shape index (κ2) is 8.94. The molecular weight excluding hydrogens is 426 g/mol. The smallest absolute Gasteiger partial charge is 0.229 e. The first-order valence-corrected chi connectivity index (χ1v) is 10.5. The van der Waals surface area contributed by atoms with Crippen LogP contribution in [0.5, 0.6) is 0 Å². The number of halogens is 2. The molecule has 1 saturated heterocycles. The maximum atomic E-state index is 14.9. The fourth-order valence-corrected chi connectivity index (χ4v) is 3.81. The summed E-state index contributed by atoms with van der Waals surface area (Å²) in [5, 5.41) is 12.8. The van der Waals surface area contributed by atoms with Crippen LogP contribution in [0.1, 0.15) is 11.1 Å². The van der Waals surface area contributed by atoms with Crippen LogP contribution in [0, 0.1) is 23.0 Å². The van der Waals surface area contributed by atoms with Crippen molar-refractivity contribution in [3.63, 3.8) is 0 Å². The molecule has 2 aromatic heterocycles. The molecule has 0 aliphatic carbocycles. The number of hydrogen-bond acceptors (Lipinski definition) is 6. The number of nitrogens with zero attached hydrogens (tertiary/aromatic N) is 5. The molecule has 7 nitrogen and oxygen atoms in total. The summed E-state index contributed by atoms with van der Waals surface area (Å²) in [5.74, 6) is -0.858. The zero-order valence-electron chi connectivity index (χ0n) is 17.6. The van der Waals surface area contributed by atoms with E-state index in [9.17, 15) is 8.78 Å². The Morgan fingerprint density at radius 1 is 1.06 bits per heavy atom. The fraction of sp³-hybridized carbons (Fsp3) is 0.208. The number of nitrogens with one attached hydrogen (secondary N) is 1. The first kappa shape index (κ1) is 21.0. The predicted molar refractivity (Wildman–Crippen MR) is 119 cm³/mol. The molecule has 0 saturated carbocycles. The third-order valence-electron chi connectivity index (χ3n) is 5.59. The van der Waals surface area contributed by atoms with E-state index in [4.69, 9.17) is 10.00 Å². The Bertz CT molecular complexity index is 1320. The van der Waals surface area contributed by atoms with Gasteiger partial charge in [0.1, 0.15) is 17.3 Å². The van der Waals surface area contributed by atoms with Gasteiger partial charge in [-0.05, 0) is 42.5 Å². The van der Waals surface area contributed by atoms with E-state index >= 15 is 0 Å². The van der Waals surface area contributed by atoms with Gasteiger partial charge in [-0.25, -0.2) is 13.8 Å². The molecule has 0 bridgehead atoms. The molecule has 2 aromatic carbocycles. The standard InChI is InChI=1S/C24H20F2N6O/c25-21-11-19(12-22(26)20(21)15-31-7-9-33-10-8-31)32-6-5-17-14-28-24(30-23(17)32)29-18-3-1-16(13-27)2-4-18/h1-6,11-12,14H,7-10,15H2,(H,28,29,30). The van der Waals surface area contributed by atoms with Gasteiger partial charge in [0.05, 0.1) is 30.5 Å². The Hall–Kier alpha value is -3.87. The molecule has 166 valence electrons. The highest BCUT2D eigenvalue weighted by Gasteiger charge is 2.18. The Morgan fingerprint density at radius 3 is 2.48 bits per heavy atom. The average Bonchev–Trinajstić information content (AvgIpc) is 3.26. The highest BCUT2D eigenvalue weighted by atomic mass is 19.1. The number of nitriles is 1. The van der Waals surface area contributed by atoms with Crippen molar-refractivity contribution in [2.45, 2.75) is 6.54 Å².